The van der Waals surface area contributed by atoms with Crippen LogP contribution < -0.4 is 10.6 Å². The van der Waals surface area contributed by atoms with Crippen molar-refractivity contribution in [3.05, 3.63) is 71.8 Å². The van der Waals surface area contributed by atoms with Crippen molar-refractivity contribution in [2.45, 2.75) is 6.54 Å². The van der Waals surface area contributed by atoms with E-state index in [9.17, 15) is 4.79 Å². The first-order chi connectivity index (χ1) is 9.25. The number of rotatable bonds is 3. The molecule has 1 amide bonds. The second-order valence-electron chi connectivity index (χ2n) is 3.99. The topological polar surface area (TPSA) is 41.1 Å². The summed E-state index contributed by atoms with van der Waals surface area (Å²) in [5.41, 5.74) is 1.70. The van der Waals surface area contributed by atoms with Gasteiger partial charge in [0.25, 0.3) is 5.91 Å². The van der Waals surface area contributed by atoms with Crippen molar-refractivity contribution in [3.8, 4) is 0 Å². The maximum absolute atomic E-state index is 11.8. The fourth-order valence-corrected chi connectivity index (χ4v) is 1.75. The number of carbonyl (C=O) groups is 1. The van der Waals surface area contributed by atoms with Crippen molar-refractivity contribution in [2.75, 3.05) is 0 Å². The fraction of sp³-hybridized carbons (Fsp3) is 0.0667. The standard InChI is InChI=1S/C15H14N2OS/c18-14(13-9-5-2-6-10-13)17-15(19)16-11-12-7-3-1-4-8-12/h1-10H,11H2,(H2,16,17,18,19). The Kier molecular flexibility index (Phi) is 4.64. The molecule has 2 aromatic rings. The zero-order valence-corrected chi connectivity index (χ0v) is 11.1. The maximum Gasteiger partial charge on any atom is 0.257 e. The van der Waals surface area contributed by atoms with Gasteiger partial charge in [0.05, 0.1) is 0 Å². The summed E-state index contributed by atoms with van der Waals surface area (Å²) in [4.78, 5) is 11.8. The molecular weight excluding hydrogens is 256 g/mol. The van der Waals surface area contributed by atoms with Gasteiger partial charge in [-0.3, -0.25) is 10.1 Å². The highest BCUT2D eigenvalue weighted by molar-refractivity contribution is 7.80. The average Bonchev–Trinajstić information content (AvgIpc) is 2.47. The van der Waals surface area contributed by atoms with E-state index in [1.807, 2.05) is 48.5 Å². The molecule has 3 nitrogen and oxygen atoms in total. The van der Waals surface area contributed by atoms with Crippen LogP contribution in [-0.2, 0) is 6.54 Å². The zero-order chi connectivity index (χ0) is 13.5. The normalized spacial score (nSPS) is 9.68. The summed E-state index contributed by atoms with van der Waals surface area (Å²) in [5, 5.41) is 5.98. The van der Waals surface area contributed by atoms with Crippen LogP contribution in [0.4, 0.5) is 0 Å². The molecule has 0 atom stereocenters. The summed E-state index contributed by atoms with van der Waals surface area (Å²) in [6, 6.07) is 18.9. The van der Waals surface area contributed by atoms with E-state index >= 15 is 0 Å². The highest BCUT2D eigenvalue weighted by atomic mass is 32.1. The van der Waals surface area contributed by atoms with Crippen LogP contribution in [0.5, 0.6) is 0 Å². The minimum atomic E-state index is -0.203. The van der Waals surface area contributed by atoms with Crippen molar-refractivity contribution in [3.63, 3.8) is 0 Å². The predicted octanol–water partition coefficient (Wildman–Crippen LogP) is 2.49. The van der Waals surface area contributed by atoms with Gasteiger partial charge < -0.3 is 5.32 Å². The van der Waals surface area contributed by atoms with Gasteiger partial charge in [-0.1, -0.05) is 48.5 Å². The minimum absolute atomic E-state index is 0.203. The lowest BCUT2D eigenvalue weighted by molar-refractivity contribution is 0.0976. The average molecular weight is 270 g/mol. The Morgan fingerprint density at radius 1 is 0.947 bits per heavy atom. The molecule has 96 valence electrons. The van der Waals surface area contributed by atoms with Gasteiger partial charge in [0.2, 0.25) is 0 Å². The first-order valence-electron chi connectivity index (χ1n) is 5.94. The summed E-state index contributed by atoms with van der Waals surface area (Å²) in [6.07, 6.45) is 0. The van der Waals surface area contributed by atoms with Crippen LogP contribution in [0.2, 0.25) is 0 Å². The quantitative estimate of drug-likeness (QED) is 0.842. The third-order valence-electron chi connectivity index (χ3n) is 2.56. The lowest BCUT2D eigenvalue weighted by Gasteiger charge is -2.09. The first kappa shape index (κ1) is 13.2. The molecule has 0 unspecified atom stereocenters. The molecule has 0 aliphatic carbocycles. The van der Waals surface area contributed by atoms with Gasteiger partial charge in [-0.2, -0.15) is 0 Å². The number of amides is 1. The molecule has 0 fully saturated rings. The molecule has 19 heavy (non-hydrogen) atoms. The van der Waals surface area contributed by atoms with E-state index in [1.54, 1.807) is 12.1 Å². The maximum atomic E-state index is 11.8. The Hall–Kier alpha value is -2.20. The van der Waals surface area contributed by atoms with Crippen LogP contribution in [0.1, 0.15) is 15.9 Å². The van der Waals surface area contributed by atoms with Gasteiger partial charge in [-0.25, -0.2) is 0 Å². The number of hydrogen-bond donors (Lipinski definition) is 2. The molecule has 0 saturated heterocycles. The molecule has 0 bridgehead atoms. The lowest BCUT2D eigenvalue weighted by atomic mass is 10.2. The Balaban J connectivity index is 1.83. The Morgan fingerprint density at radius 2 is 1.53 bits per heavy atom. The summed E-state index contributed by atoms with van der Waals surface area (Å²) in [6.45, 7) is 0.592. The highest BCUT2D eigenvalue weighted by Gasteiger charge is 2.06. The molecule has 0 saturated carbocycles. The van der Waals surface area contributed by atoms with Crippen molar-refractivity contribution in [1.29, 1.82) is 0 Å². The number of hydrogen-bond acceptors (Lipinski definition) is 2. The SMILES string of the molecule is O=C(NC(=S)NCc1ccccc1)c1ccccc1. The van der Waals surface area contributed by atoms with Crippen LogP contribution in [-0.4, -0.2) is 11.0 Å². The van der Waals surface area contributed by atoms with Gasteiger partial charge >= 0.3 is 0 Å². The second kappa shape index (κ2) is 6.66. The summed E-state index contributed by atoms with van der Waals surface area (Å²) < 4.78 is 0. The molecule has 0 aromatic heterocycles. The fourth-order valence-electron chi connectivity index (χ4n) is 1.59. The van der Waals surface area contributed by atoms with Gasteiger partial charge in [-0.15, -0.1) is 0 Å². The van der Waals surface area contributed by atoms with Gasteiger partial charge in [0.15, 0.2) is 5.11 Å². The van der Waals surface area contributed by atoms with Crippen molar-refractivity contribution >= 4 is 23.2 Å². The van der Waals surface area contributed by atoms with E-state index in [-0.39, 0.29) is 5.91 Å². The van der Waals surface area contributed by atoms with Gasteiger partial charge in [0, 0.05) is 12.1 Å². The van der Waals surface area contributed by atoms with Crippen LogP contribution in [0, 0.1) is 0 Å². The summed E-state index contributed by atoms with van der Waals surface area (Å²) in [7, 11) is 0. The molecule has 0 radical (unpaired) electrons. The number of nitrogens with one attached hydrogen (secondary N) is 2. The predicted molar refractivity (Wildman–Crippen MR) is 79.8 cm³/mol. The molecule has 0 spiro atoms. The lowest BCUT2D eigenvalue weighted by Crippen LogP contribution is -2.38. The molecule has 0 heterocycles. The number of benzene rings is 2. The van der Waals surface area contributed by atoms with E-state index in [0.717, 1.165) is 5.56 Å². The van der Waals surface area contributed by atoms with E-state index < -0.39 is 0 Å². The van der Waals surface area contributed by atoms with Crippen molar-refractivity contribution in [2.24, 2.45) is 0 Å². The first-order valence-corrected chi connectivity index (χ1v) is 6.34. The molecule has 2 rings (SSSR count). The number of carbonyl (C=O) groups excluding carboxylic acids is 1. The largest absolute Gasteiger partial charge is 0.358 e. The Bertz CT molecular complexity index is 555. The monoisotopic (exact) mass is 270 g/mol. The van der Waals surface area contributed by atoms with E-state index in [1.165, 1.54) is 0 Å². The van der Waals surface area contributed by atoms with Gasteiger partial charge in [-0.05, 0) is 29.9 Å². The third-order valence-corrected chi connectivity index (χ3v) is 2.81. The Labute approximate surface area is 117 Å². The zero-order valence-electron chi connectivity index (χ0n) is 10.3. The molecule has 2 N–H and O–H groups in total. The smallest absolute Gasteiger partial charge is 0.257 e. The number of thiocarbonyl (C=S) groups is 1. The van der Waals surface area contributed by atoms with E-state index in [2.05, 4.69) is 10.6 Å². The van der Waals surface area contributed by atoms with E-state index in [4.69, 9.17) is 12.2 Å². The minimum Gasteiger partial charge on any atom is -0.358 e. The van der Waals surface area contributed by atoms with Crippen molar-refractivity contribution < 1.29 is 4.79 Å². The van der Waals surface area contributed by atoms with E-state index in [0.29, 0.717) is 17.2 Å². The van der Waals surface area contributed by atoms with Crippen LogP contribution in [0.3, 0.4) is 0 Å². The molecule has 4 heteroatoms. The van der Waals surface area contributed by atoms with Crippen molar-refractivity contribution in [1.82, 2.24) is 10.6 Å². The second-order valence-corrected chi connectivity index (χ2v) is 4.40. The summed E-state index contributed by atoms with van der Waals surface area (Å²) >= 11 is 5.09. The molecule has 2 aromatic carbocycles. The molecule has 0 aliphatic rings. The Morgan fingerprint density at radius 3 is 2.16 bits per heavy atom. The highest BCUT2D eigenvalue weighted by Crippen LogP contribution is 1.99. The molecular formula is C15H14N2OS. The summed E-state index contributed by atoms with van der Waals surface area (Å²) in [5.74, 6) is -0.203. The molecule has 0 aliphatic heterocycles. The van der Waals surface area contributed by atoms with Gasteiger partial charge in [0.1, 0.15) is 0 Å². The van der Waals surface area contributed by atoms with Crippen LogP contribution in [0.25, 0.3) is 0 Å². The van der Waals surface area contributed by atoms with Crippen LogP contribution in [0.15, 0.2) is 60.7 Å². The van der Waals surface area contributed by atoms with Crippen LogP contribution >= 0.6 is 12.2 Å². The third kappa shape index (κ3) is 4.19.